The van der Waals surface area contributed by atoms with Crippen LogP contribution in [0.15, 0.2) is 29.1 Å². The molecule has 1 aromatic heterocycles. The molecule has 0 aliphatic heterocycles. The van der Waals surface area contributed by atoms with Crippen LogP contribution in [0.4, 0.5) is 10.1 Å². The molecule has 5 heteroatoms. The maximum absolute atomic E-state index is 12.8. The minimum Gasteiger partial charge on any atom is -0.393 e. The summed E-state index contributed by atoms with van der Waals surface area (Å²) in [5, 5.41) is 3.03. The quantitative estimate of drug-likeness (QED) is 0.887. The summed E-state index contributed by atoms with van der Waals surface area (Å²) in [5.74, 6) is 0.127. The third-order valence-electron chi connectivity index (χ3n) is 2.94. The molecule has 0 spiro atoms. The molecule has 2 rings (SSSR count). The van der Waals surface area contributed by atoms with E-state index in [2.05, 4.69) is 18.9 Å². The summed E-state index contributed by atoms with van der Waals surface area (Å²) >= 11 is 0. The number of nitrogens with zero attached hydrogens (tertiary/aromatic N) is 1. The monoisotopic (exact) mass is 263 g/mol. The summed E-state index contributed by atoms with van der Waals surface area (Å²) < 4.78 is 14.3. The fourth-order valence-electron chi connectivity index (χ4n) is 2.00. The molecule has 3 N–H and O–H groups in total. The number of benzene rings is 1. The van der Waals surface area contributed by atoms with Crippen molar-refractivity contribution in [1.29, 1.82) is 0 Å². The second kappa shape index (κ2) is 5.30. The van der Waals surface area contributed by atoms with Gasteiger partial charge in [-0.1, -0.05) is 26.0 Å². The van der Waals surface area contributed by atoms with E-state index >= 15 is 0 Å². The third kappa shape index (κ3) is 3.05. The van der Waals surface area contributed by atoms with E-state index in [1.54, 1.807) is 12.1 Å². The highest BCUT2D eigenvalue weighted by Crippen LogP contribution is 2.11. The van der Waals surface area contributed by atoms with Gasteiger partial charge in [0.05, 0.1) is 12.2 Å². The van der Waals surface area contributed by atoms with Crippen molar-refractivity contribution >= 4 is 5.69 Å². The Morgan fingerprint density at radius 2 is 1.95 bits per heavy atom. The number of rotatable bonds is 4. The number of aromatic amines is 1. The van der Waals surface area contributed by atoms with Crippen LogP contribution in [0.25, 0.3) is 0 Å². The molecule has 0 amide bonds. The lowest BCUT2D eigenvalue weighted by Gasteiger charge is -2.04. The zero-order chi connectivity index (χ0) is 14.0. The molecule has 0 aliphatic rings. The topological polar surface area (TPSA) is 63.8 Å². The van der Waals surface area contributed by atoms with Crippen molar-refractivity contribution in [3.63, 3.8) is 0 Å². The summed E-state index contributed by atoms with van der Waals surface area (Å²) in [7, 11) is 0. The second-order valence-electron chi connectivity index (χ2n) is 5.12. The Morgan fingerprint density at radius 1 is 1.32 bits per heavy atom. The Bertz CT molecular complexity index is 611. The average molecular weight is 263 g/mol. The van der Waals surface area contributed by atoms with Crippen LogP contribution in [0.5, 0.6) is 0 Å². The Morgan fingerprint density at radius 3 is 2.53 bits per heavy atom. The molecule has 19 heavy (non-hydrogen) atoms. The van der Waals surface area contributed by atoms with E-state index < -0.39 is 0 Å². The van der Waals surface area contributed by atoms with Gasteiger partial charge in [-0.15, -0.1) is 0 Å². The lowest BCUT2D eigenvalue weighted by atomic mass is 10.1. The van der Waals surface area contributed by atoms with Crippen molar-refractivity contribution < 1.29 is 4.39 Å². The summed E-state index contributed by atoms with van der Waals surface area (Å²) in [6.45, 7) is 4.49. The van der Waals surface area contributed by atoms with Gasteiger partial charge in [0.15, 0.2) is 0 Å². The van der Waals surface area contributed by atoms with E-state index in [1.165, 1.54) is 16.8 Å². The highest BCUT2D eigenvalue weighted by atomic mass is 19.1. The van der Waals surface area contributed by atoms with Crippen LogP contribution < -0.4 is 11.3 Å². The van der Waals surface area contributed by atoms with Gasteiger partial charge in [-0.3, -0.25) is 9.89 Å². The third-order valence-corrected chi connectivity index (χ3v) is 2.94. The molecule has 0 radical (unpaired) electrons. The summed E-state index contributed by atoms with van der Waals surface area (Å²) in [6, 6.07) is 6.06. The SMILES string of the molecule is CC(C)Cc1[nH]n(Cc2ccc(F)cc2)c(=O)c1N. The van der Waals surface area contributed by atoms with E-state index in [1.807, 2.05) is 0 Å². The van der Waals surface area contributed by atoms with Gasteiger partial charge < -0.3 is 5.73 Å². The zero-order valence-corrected chi connectivity index (χ0v) is 11.1. The van der Waals surface area contributed by atoms with Crippen molar-refractivity contribution in [1.82, 2.24) is 9.78 Å². The van der Waals surface area contributed by atoms with E-state index in [9.17, 15) is 9.18 Å². The van der Waals surface area contributed by atoms with Crippen LogP contribution >= 0.6 is 0 Å². The van der Waals surface area contributed by atoms with Gasteiger partial charge in [0.2, 0.25) is 0 Å². The molecule has 1 aromatic carbocycles. The van der Waals surface area contributed by atoms with E-state index in [0.29, 0.717) is 12.5 Å². The molecule has 0 saturated heterocycles. The summed E-state index contributed by atoms with van der Waals surface area (Å²) in [5.41, 5.74) is 7.47. The smallest absolute Gasteiger partial charge is 0.290 e. The van der Waals surface area contributed by atoms with Crippen molar-refractivity contribution in [3.05, 3.63) is 51.7 Å². The van der Waals surface area contributed by atoms with Gasteiger partial charge in [-0.05, 0) is 30.0 Å². The van der Waals surface area contributed by atoms with Crippen molar-refractivity contribution in [3.8, 4) is 0 Å². The minimum atomic E-state index is -0.289. The van der Waals surface area contributed by atoms with E-state index in [4.69, 9.17) is 5.73 Å². The lowest BCUT2D eigenvalue weighted by Crippen LogP contribution is -2.19. The molecule has 0 unspecified atom stereocenters. The molecular weight excluding hydrogens is 245 g/mol. The summed E-state index contributed by atoms with van der Waals surface area (Å²) in [4.78, 5) is 12.0. The van der Waals surface area contributed by atoms with Gasteiger partial charge >= 0.3 is 0 Å². The van der Waals surface area contributed by atoms with Gasteiger partial charge in [-0.25, -0.2) is 9.07 Å². The van der Waals surface area contributed by atoms with Gasteiger partial charge in [-0.2, -0.15) is 0 Å². The van der Waals surface area contributed by atoms with Crippen LogP contribution in [0.2, 0.25) is 0 Å². The largest absolute Gasteiger partial charge is 0.393 e. The number of nitrogens with two attached hydrogens (primary N) is 1. The van der Waals surface area contributed by atoms with Gasteiger partial charge in [0.25, 0.3) is 5.56 Å². The standard InChI is InChI=1S/C14H18FN3O/c1-9(2)7-12-13(16)14(19)18(17-12)8-10-3-5-11(15)6-4-10/h3-6,9,17H,7-8,16H2,1-2H3. The highest BCUT2D eigenvalue weighted by Gasteiger charge is 2.12. The van der Waals surface area contributed by atoms with E-state index in [-0.39, 0.29) is 17.1 Å². The van der Waals surface area contributed by atoms with Crippen LogP contribution in [0.3, 0.4) is 0 Å². The fraction of sp³-hybridized carbons (Fsp3) is 0.357. The molecule has 0 atom stereocenters. The minimum absolute atomic E-state index is 0.222. The molecule has 1 heterocycles. The first-order valence-corrected chi connectivity index (χ1v) is 6.29. The number of hydrogen-bond acceptors (Lipinski definition) is 2. The predicted molar refractivity (Wildman–Crippen MR) is 73.5 cm³/mol. The molecule has 4 nitrogen and oxygen atoms in total. The van der Waals surface area contributed by atoms with E-state index in [0.717, 1.165) is 17.7 Å². The first-order chi connectivity index (χ1) is 8.97. The number of nitrogen functional groups attached to an aromatic ring is 1. The van der Waals surface area contributed by atoms with Crippen LogP contribution in [0, 0.1) is 11.7 Å². The maximum atomic E-state index is 12.8. The Balaban J connectivity index is 2.26. The summed E-state index contributed by atoms with van der Waals surface area (Å²) in [6.07, 6.45) is 0.734. The molecular formula is C14H18FN3O. The Hall–Kier alpha value is -2.04. The first-order valence-electron chi connectivity index (χ1n) is 6.29. The molecule has 0 aliphatic carbocycles. The Kier molecular flexibility index (Phi) is 3.74. The maximum Gasteiger partial charge on any atom is 0.290 e. The van der Waals surface area contributed by atoms with Gasteiger partial charge in [0.1, 0.15) is 11.5 Å². The highest BCUT2D eigenvalue weighted by molar-refractivity contribution is 5.41. The molecule has 0 fully saturated rings. The fourth-order valence-corrected chi connectivity index (χ4v) is 2.00. The predicted octanol–water partition coefficient (Wildman–Crippen LogP) is 2.14. The van der Waals surface area contributed by atoms with Crippen LogP contribution in [-0.4, -0.2) is 9.78 Å². The molecule has 0 bridgehead atoms. The zero-order valence-electron chi connectivity index (χ0n) is 11.1. The number of hydrogen-bond donors (Lipinski definition) is 2. The van der Waals surface area contributed by atoms with Crippen molar-refractivity contribution in [2.45, 2.75) is 26.8 Å². The number of halogens is 1. The average Bonchev–Trinajstić information content (AvgIpc) is 2.60. The lowest BCUT2D eigenvalue weighted by molar-refractivity contribution is 0.600. The van der Waals surface area contributed by atoms with Gasteiger partial charge in [0, 0.05) is 0 Å². The number of H-pyrrole nitrogens is 1. The Labute approximate surface area is 111 Å². The normalized spacial score (nSPS) is 11.2. The van der Waals surface area contributed by atoms with Crippen LogP contribution in [-0.2, 0) is 13.0 Å². The first kappa shape index (κ1) is 13.4. The van der Waals surface area contributed by atoms with Crippen molar-refractivity contribution in [2.75, 3.05) is 5.73 Å². The second-order valence-corrected chi connectivity index (χ2v) is 5.12. The molecule has 102 valence electrons. The van der Waals surface area contributed by atoms with Crippen molar-refractivity contribution in [2.24, 2.45) is 5.92 Å². The molecule has 2 aromatic rings. The number of anilines is 1. The van der Waals surface area contributed by atoms with Crippen LogP contribution in [0.1, 0.15) is 25.1 Å². The number of aromatic nitrogens is 2. The number of nitrogens with one attached hydrogen (secondary N) is 1. The molecule has 0 saturated carbocycles.